The van der Waals surface area contributed by atoms with Gasteiger partial charge in [-0.15, -0.1) is 0 Å². The predicted octanol–water partition coefficient (Wildman–Crippen LogP) is 2.19. The molecule has 150 valence electrons. The maximum atomic E-state index is 12.9. The summed E-state index contributed by atoms with van der Waals surface area (Å²) in [7, 11) is 0. The van der Waals surface area contributed by atoms with E-state index in [0.717, 1.165) is 17.9 Å². The summed E-state index contributed by atoms with van der Waals surface area (Å²) in [6.07, 6.45) is 1.76. The zero-order valence-corrected chi connectivity index (χ0v) is 16.7. The number of carbonyl (C=O) groups is 1. The van der Waals surface area contributed by atoms with Crippen LogP contribution < -0.4 is 4.90 Å². The number of carbonyl (C=O) groups excluding carboxylic acids is 1. The van der Waals surface area contributed by atoms with Crippen LogP contribution in [0.15, 0.2) is 22.9 Å². The average Bonchev–Trinajstić information content (AvgIpc) is 3.36. The van der Waals surface area contributed by atoms with Crippen molar-refractivity contribution in [3.8, 4) is 11.5 Å². The molecular weight excluding hydrogens is 358 g/mol. The van der Waals surface area contributed by atoms with Gasteiger partial charge in [0.15, 0.2) is 5.82 Å². The van der Waals surface area contributed by atoms with Gasteiger partial charge in [0.2, 0.25) is 5.91 Å². The second-order valence-corrected chi connectivity index (χ2v) is 7.94. The standard InChI is InChI=1S/C20H27N5O3/c1-13(2)18-22-19(28-23-18)15-4-5-21-17(10-15)25-11-14(3)16(12-25)20(26)24-6-8-27-9-7-24/h4-5,10,13-14,16H,6-9,11-12H2,1-3H3/t14-,16-/m0/s1. The zero-order chi connectivity index (χ0) is 19.7. The third kappa shape index (κ3) is 3.73. The fourth-order valence-corrected chi connectivity index (χ4v) is 3.80. The number of hydrogen-bond donors (Lipinski definition) is 0. The molecule has 4 heterocycles. The highest BCUT2D eigenvalue weighted by molar-refractivity contribution is 5.80. The molecule has 0 radical (unpaired) electrons. The maximum Gasteiger partial charge on any atom is 0.258 e. The Balaban J connectivity index is 1.49. The molecule has 2 aromatic heterocycles. The van der Waals surface area contributed by atoms with Crippen molar-refractivity contribution in [2.24, 2.45) is 11.8 Å². The monoisotopic (exact) mass is 385 g/mol. The molecule has 1 amide bonds. The fraction of sp³-hybridized carbons (Fsp3) is 0.600. The Kier molecular flexibility index (Phi) is 5.30. The topological polar surface area (TPSA) is 84.6 Å². The van der Waals surface area contributed by atoms with E-state index in [-0.39, 0.29) is 23.7 Å². The number of anilines is 1. The predicted molar refractivity (Wildman–Crippen MR) is 104 cm³/mol. The summed E-state index contributed by atoms with van der Waals surface area (Å²) in [4.78, 5) is 26.0. The first-order chi connectivity index (χ1) is 13.5. The van der Waals surface area contributed by atoms with Gasteiger partial charge in [-0.2, -0.15) is 4.98 Å². The lowest BCUT2D eigenvalue weighted by Crippen LogP contribution is -2.45. The first-order valence-corrected chi connectivity index (χ1v) is 9.94. The number of aromatic nitrogens is 3. The first kappa shape index (κ1) is 18.9. The second kappa shape index (κ2) is 7.87. The maximum absolute atomic E-state index is 12.9. The van der Waals surface area contributed by atoms with Gasteiger partial charge in [0.25, 0.3) is 5.89 Å². The van der Waals surface area contributed by atoms with Gasteiger partial charge in [-0.1, -0.05) is 25.9 Å². The number of nitrogens with zero attached hydrogens (tertiary/aromatic N) is 5. The van der Waals surface area contributed by atoms with E-state index in [1.54, 1.807) is 6.20 Å². The molecule has 0 spiro atoms. The third-order valence-corrected chi connectivity index (χ3v) is 5.53. The lowest BCUT2D eigenvalue weighted by molar-refractivity contribution is -0.140. The van der Waals surface area contributed by atoms with E-state index in [1.807, 2.05) is 30.9 Å². The summed E-state index contributed by atoms with van der Waals surface area (Å²) >= 11 is 0. The largest absolute Gasteiger partial charge is 0.378 e. The summed E-state index contributed by atoms with van der Waals surface area (Å²) in [5.41, 5.74) is 0.847. The highest BCUT2D eigenvalue weighted by Crippen LogP contribution is 2.30. The van der Waals surface area contributed by atoms with Crippen LogP contribution in [0.3, 0.4) is 0 Å². The molecule has 0 aliphatic carbocycles. The van der Waals surface area contributed by atoms with Crippen molar-refractivity contribution in [1.29, 1.82) is 0 Å². The Morgan fingerprint density at radius 2 is 2.04 bits per heavy atom. The quantitative estimate of drug-likeness (QED) is 0.797. The van der Waals surface area contributed by atoms with Crippen molar-refractivity contribution in [1.82, 2.24) is 20.0 Å². The summed E-state index contributed by atoms with van der Waals surface area (Å²) < 4.78 is 10.8. The normalized spacial score (nSPS) is 22.9. The van der Waals surface area contributed by atoms with Gasteiger partial charge in [-0.25, -0.2) is 4.98 Å². The smallest absolute Gasteiger partial charge is 0.258 e. The van der Waals surface area contributed by atoms with E-state index >= 15 is 0 Å². The van der Waals surface area contributed by atoms with E-state index in [9.17, 15) is 4.79 Å². The number of ether oxygens (including phenoxy) is 1. The minimum Gasteiger partial charge on any atom is -0.378 e. The molecule has 0 bridgehead atoms. The number of amides is 1. The molecule has 0 aromatic carbocycles. The van der Waals surface area contributed by atoms with E-state index in [4.69, 9.17) is 9.26 Å². The molecule has 8 heteroatoms. The number of morpholine rings is 1. The van der Waals surface area contributed by atoms with Crippen molar-refractivity contribution in [2.75, 3.05) is 44.3 Å². The van der Waals surface area contributed by atoms with Crippen molar-refractivity contribution in [3.63, 3.8) is 0 Å². The average molecular weight is 385 g/mol. The van der Waals surface area contributed by atoms with Crippen molar-refractivity contribution >= 4 is 11.7 Å². The molecule has 0 saturated carbocycles. The van der Waals surface area contributed by atoms with Crippen LogP contribution in [0.4, 0.5) is 5.82 Å². The van der Waals surface area contributed by atoms with E-state index < -0.39 is 0 Å². The van der Waals surface area contributed by atoms with Crippen LogP contribution in [-0.4, -0.2) is 65.3 Å². The van der Waals surface area contributed by atoms with Crippen LogP contribution in [0.1, 0.15) is 32.5 Å². The van der Waals surface area contributed by atoms with Gasteiger partial charge >= 0.3 is 0 Å². The van der Waals surface area contributed by atoms with Crippen molar-refractivity contribution < 1.29 is 14.1 Å². The third-order valence-electron chi connectivity index (χ3n) is 5.53. The minimum atomic E-state index is -0.0143. The molecule has 28 heavy (non-hydrogen) atoms. The molecule has 2 atom stereocenters. The van der Waals surface area contributed by atoms with Crippen LogP contribution in [0.5, 0.6) is 0 Å². The number of pyridine rings is 1. The Morgan fingerprint density at radius 1 is 1.25 bits per heavy atom. The van der Waals surface area contributed by atoms with Gasteiger partial charge in [-0.05, 0) is 18.1 Å². The Hall–Kier alpha value is -2.48. The van der Waals surface area contributed by atoms with Crippen LogP contribution >= 0.6 is 0 Å². The van der Waals surface area contributed by atoms with Crippen LogP contribution in [-0.2, 0) is 9.53 Å². The van der Waals surface area contributed by atoms with Gasteiger partial charge < -0.3 is 19.1 Å². The summed E-state index contributed by atoms with van der Waals surface area (Å²) in [6, 6.07) is 3.84. The van der Waals surface area contributed by atoms with Crippen LogP contribution in [0, 0.1) is 11.8 Å². The highest BCUT2D eigenvalue weighted by Gasteiger charge is 2.38. The molecular formula is C20H27N5O3. The second-order valence-electron chi connectivity index (χ2n) is 7.94. The van der Waals surface area contributed by atoms with Gasteiger partial charge in [0.1, 0.15) is 5.82 Å². The summed E-state index contributed by atoms with van der Waals surface area (Å²) in [6.45, 7) is 10.3. The van der Waals surface area contributed by atoms with Crippen LogP contribution in [0.25, 0.3) is 11.5 Å². The molecule has 4 rings (SSSR count). The Bertz CT molecular complexity index is 831. The molecule has 2 aliphatic heterocycles. The Labute approximate surface area is 164 Å². The van der Waals surface area contributed by atoms with E-state index in [2.05, 4.69) is 26.9 Å². The lowest BCUT2D eigenvalue weighted by atomic mass is 9.96. The number of rotatable bonds is 4. The highest BCUT2D eigenvalue weighted by atomic mass is 16.5. The van der Waals surface area contributed by atoms with E-state index in [0.29, 0.717) is 44.6 Å². The van der Waals surface area contributed by atoms with Crippen molar-refractivity contribution in [2.45, 2.75) is 26.7 Å². The summed E-state index contributed by atoms with van der Waals surface area (Å²) in [5.74, 6) is 2.74. The molecule has 2 aromatic rings. The lowest BCUT2D eigenvalue weighted by Gasteiger charge is -2.30. The molecule has 0 unspecified atom stereocenters. The van der Waals surface area contributed by atoms with Gasteiger partial charge in [-0.3, -0.25) is 4.79 Å². The Morgan fingerprint density at radius 3 is 2.75 bits per heavy atom. The molecule has 2 aliphatic rings. The molecule has 2 saturated heterocycles. The summed E-state index contributed by atoms with van der Waals surface area (Å²) in [5, 5.41) is 4.04. The molecule has 8 nitrogen and oxygen atoms in total. The first-order valence-electron chi connectivity index (χ1n) is 9.94. The van der Waals surface area contributed by atoms with Crippen LogP contribution in [0.2, 0.25) is 0 Å². The van der Waals surface area contributed by atoms with Gasteiger partial charge in [0, 0.05) is 43.9 Å². The van der Waals surface area contributed by atoms with Gasteiger partial charge in [0.05, 0.1) is 19.1 Å². The minimum absolute atomic E-state index is 0.0143. The fourth-order valence-electron chi connectivity index (χ4n) is 3.80. The SMILES string of the molecule is CC(C)c1noc(-c2ccnc(N3C[C@H](C(=O)N4CCOCC4)[C@@H](C)C3)c2)n1. The molecule has 2 fully saturated rings. The molecule has 0 N–H and O–H groups in total. The van der Waals surface area contributed by atoms with Crippen molar-refractivity contribution in [3.05, 3.63) is 24.2 Å². The number of hydrogen-bond acceptors (Lipinski definition) is 7. The zero-order valence-electron chi connectivity index (χ0n) is 16.7. The van der Waals surface area contributed by atoms with E-state index in [1.165, 1.54) is 0 Å².